The van der Waals surface area contributed by atoms with Crippen LogP contribution in [0.25, 0.3) is 0 Å². The van der Waals surface area contributed by atoms with E-state index in [9.17, 15) is 4.79 Å². The Bertz CT molecular complexity index is 620. The highest BCUT2D eigenvalue weighted by molar-refractivity contribution is 6.02. The Labute approximate surface area is 149 Å². The van der Waals surface area contributed by atoms with Crippen molar-refractivity contribution in [3.8, 4) is 0 Å². The molecular formula is C19H28N4O2. The predicted octanol–water partition coefficient (Wildman–Crippen LogP) is 1.52. The van der Waals surface area contributed by atoms with Crippen LogP contribution in [-0.4, -0.2) is 50.1 Å². The molecule has 1 aliphatic heterocycles. The Hall–Kier alpha value is -2.05. The van der Waals surface area contributed by atoms with Gasteiger partial charge in [0.25, 0.3) is 5.91 Å². The van der Waals surface area contributed by atoms with Gasteiger partial charge in [-0.25, -0.2) is 0 Å². The minimum absolute atomic E-state index is 0.196. The van der Waals surface area contributed by atoms with Gasteiger partial charge in [-0.05, 0) is 25.0 Å². The van der Waals surface area contributed by atoms with Gasteiger partial charge in [0.05, 0.1) is 12.3 Å². The molecule has 0 bridgehead atoms. The molecule has 1 aliphatic carbocycles. The van der Waals surface area contributed by atoms with Crippen LogP contribution in [0.5, 0.6) is 0 Å². The Morgan fingerprint density at radius 2 is 1.96 bits per heavy atom. The molecule has 6 heteroatoms. The number of nitrogens with zero attached hydrogens (tertiary/aromatic N) is 1. The summed E-state index contributed by atoms with van der Waals surface area (Å²) >= 11 is 0. The molecule has 1 saturated heterocycles. The van der Waals surface area contributed by atoms with Crippen molar-refractivity contribution in [3.05, 3.63) is 41.8 Å². The van der Waals surface area contributed by atoms with E-state index in [1.165, 1.54) is 0 Å². The highest BCUT2D eigenvalue weighted by atomic mass is 16.5. The average Bonchev–Trinajstić information content (AvgIpc) is 3.37. The Morgan fingerprint density at radius 3 is 2.56 bits per heavy atom. The molecule has 0 spiro atoms. The van der Waals surface area contributed by atoms with Gasteiger partial charge in [-0.15, -0.1) is 0 Å². The highest BCUT2D eigenvalue weighted by Crippen LogP contribution is 2.45. The van der Waals surface area contributed by atoms with E-state index in [0.29, 0.717) is 12.4 Å². The zero-order chi connectivity index (χ0) is 17.7. The molecule has 0 aromatic heterocycles. The summed E-state index contributed by atoms with van der Waals surface area (Å²) in [5.41, 5.74) is 7.75. The lowest BCUT2D eigenvalue weighted by atomic mass is 10.2. The van der Waals surface area contributed by atoms with E-state index in [4.69, 9.17) is 10.5 Å². The molecule has 4 N–H and O–H groups in total. The third-order valence-electron chi connectivity index (χ3n) is 4.86. The number of carbonyl (C=O) groups is 1. The first-order valence-electron chi connectivity index (χ1n) is 8.99. The summed E-state index contributed by atoms with van der Waals surface area (Å²) in [5.74, 6) is 0.135. The largest absolute Gasteiger partial charge is 0.486 e. The summed E-state index contributed by atoms with van der Waals surface area (Å²) in [6.07, 6.45) is 2.29. The van der Waals surface area contributed by atoms with Gasteiger partial charge in [-0.1, -0.05) is 25.1 Å². The number of carbonyl (C=O) groups excluding carboxylic acids is 1. The third-order valence-corrected chi connectivity index (χ3v) is 4.86. The molecule has 0 radical (unpaired) electrons. The fourth-order valence-corrected chi connectivity index (χ4v) is 2.89. The van der Waals surface area contributed by atoms with E-state index >= 15 is 0 Å². The van der Waals surface area contributed by atoms with E-state index in [0.717, 1.165) is 50.4 Å². The Kier molecular flexibility index (Phi) is 5.60. The molecule has 1 heterocycles. The molecule has 3 rings (SSSR count). The van der Waals surface area contributed by atoms with Crippen LogP contribution in [0.1, 0.15) is 19.8 Å². The van der Waals surface area contributed by atoms with Crippen molar-refractivity contribution in [2.45, 2.75) is 19.8 Å². The van der Waals surface area contributed by atoms with E-state index in [2.05, 4.69) is 22.5 Å². The van der Waals surface area contributed by atoms with Crippen molar-refractivity contribution < 1.29 is 9.53 Å². The lowest BCUT2D eigenvalue weighted by Crippen LogP contribution is -2.45. The summed E-state index contributed by atoms with van der Waals surface area (Å²) in [6.45, 7) is 6.45. The van der Waals surface area contributed by atoms with Crippen molar-refractivity contribution in [2.75, 3.05) is 44.6 Å². The quantitative estimate of drug-likeness (QED) is 0.516. The summed E-state index contributed by atoms with van der Waals surface area (Å²) in [6, 6.07) is 9.44. The first-order chi connectivity index (χ1) is 12.1. The molecule has 136 valence electrons. The Balaban J connectivity index is 1.81. The minimum atomic E-state index is -0.227. The van der Waals surface area contributed by atoms with E-state index < -0.39 is 0 Å². The molecule has 0 unspecified atom stereocenters. The van der Waals surface area contributed by atoms with E-state index in [1.54, 1.807) is 0 Å². The van der Waals surface area contributed by atoms with Crippen molar-refractivity contribution in [3.63, 3.8) is 0 Å². The molecule has 1 aromatic carbocycles. The molecule has 1 aromatic rings. The second kappa shape index (κ2) is 7.89. The fourth-order valence-electron chi connectivity index (χ4n) is 2.89. The van der Waals surface area contributed by atoms with Crippen molar-refractivity contribution in [1.82, 2.24) is 10.2 Å². The maximum Gasteiger partial charge on any atom is 0.292 e. The van der Waals surface area contributed by atoms with Gasteiger partial charge in [0, 0.05) is 43.8 Å². The number of hydrogen-bond donors (Lipinski definition) is 3. The van der Waals surface area contributed by atoms with E-state index in [1.807, 2.05) is 30.3 Å². The molecule has 2 fully saturated rings. The highest BCUT2D eigenvalue weighted by Gasteiger charge is 2.39. The van der Waals surface area contributed by atoms with Gasteiger partial charge >= 0.3 is 0 Å². The second-order valence-corrected chi connectivity index (χ2v) is 7.14. The normalized spacial score (nSPS) is 19.8. The number of nitrogens with one attached hydrogen (secondary N) is 2. The number of rotatable bonds is 7. The van der Waals surface area contributed by atoms with Crippen LogP contribution in [0.3, 0.4) is 0 Å². The van der Waals surface area contributed by atoms with Crippen molar-refractivity contribution >= 4 is 11.6 Å². The van der Waals surface area contributed by atoms with Crippen molar-refractivity contribution in [1.29, 1.82) is 0 Å². The van der Waals surface area contributed by atoms with Gasteiger partial charge in [0.2, 0.25) is 5.76 Å². The van der Waals surface area contributed by atoms with Gasteiger partial charge < -0.3 is 26.0 Å². The van der Waals surface area contributed by atoms with E-state index in [-0.39, 0.29) is 17.9 Å². The van der Waals surface area contributed by atoms with Crippen molar-refractivity contribution in [2.24, 2.45) is 11.1 Å². The number of benzene rings is 1. The maximum atomic E-state index is 12.9. The van der Waals surface area contributed by atoms with Gasteiger partial charge in [0.15, 0.2) is 0 Å². The number of nitrogens with two attached hydrogens (primary N) is 1. The zero-order valence-corrected chi connectivity index (χ0v) is 14.9. The summed E-state index contributed by atoms with van der Waals surface area (Å²) in [7, 11) is 0. The first kappa shape index (κ1) is 17.8. The predicted molar refractivity (Wildman–Crippen MR) is 98.9 cm³/mol. The lowest BCUT2D eigenvalue weighted by Gasteiger charge is -2.32. The van der Waals surface area contributed by atoms with Crippen LogP contribution in [0.15, 0.2) is 41.8 Å². The third kappa shape index (κ3) is 4.74. The topological polar surface area (TPSA) is 79.6 Å². The number of ether oxygens (including phenoxy) is 1. The van der Waals surface area contributed by atoms with Crippen LogP contribution >= 0.6 is 0 Å². The molecule has 2 aliphatic rings. The lowest BCUT2D eigenvalue weighted by molar-refractivity contribution is -0.116. The SMILES string of the molecule is CC1(CO/C(C(=O)Nc2ccccc2)=C(/CN)N2CCNCC2)CC1. The molecule has 25 heavy (non-hydrogen) atoms. The van der Waals surface area contributed by atoms with Crippen LogP contribution < -0.4 is 16.4 Å². The van der Waals surface area contributed by atoms with Crippen LogP contribution in [0.4, 0.5) is 5.69 Å². The smallest absolute Gasteiger partial charge is 0.292 e. The molecule has 0 atom stereocenters. The number of para-hydroxylation sites is 1. The summed E-state index contributed by atoms with van der Waals surface area (Å²) < 4.78 is 6.03. The average molecular weight is 344 g/mol. The fraction of sp³-hybridized carbons (Fsp3) is 0.526. The molecule has 1 amide bonds. The van der Waals surface area contributed by atoms with Gasteiger partial charge in [0.1, 0.15) is 0 Å². The minimum Gasteiger partial charge on any atom is -0.486 e. The van der Waals surface area contributed by atoms with Gasteiger partial charge in [-0.3, -0.25) is 4.79 Å². The first-order valence-corrected chi connectivity index (χ1v) is 8.99. The van der Waals surface area contributed by atoms with Gasteiger partial charge in [-0.2, -0.15) is 0 Å². The number of anilines is 1. The second-order valence-electron chi connectivity index (χ2n) is 7.14. The Morgan fingerprint density at radius 1 is 1.28 bits per heavy atom. The number of piperazine rings is 1. The maximum absolute atomic E-state index is 12.9. The number of hydrogen-bond acceptors (Lipinski definition) is 5. The molecule has 1 saturated carbocycles. The molecular weight excluding hydrogens is 316 g/mol. The monoisotopic (exact) mass is 344 g/mol. The van der Waals surface area contributed by atoms with Crippen LogP contribution in [-0.2, 0) is 9.53 Å². The summed E-state index contributed by atoms with van der Waals surface area (Å²) in [4.78, 5) is 15.1. The number of amides is 1. The summed E-state index contributed by atoms with van der Waals surface area (Å²) in [5, 5.41) is 6.25. The molecule has 6 nitrogen and oxygen atoms in total. The van der Waals surface area contributed by atoms with Crippen LogP contribution in [0.2, 0.25) is 0 Å². The zero-order valence-electron chi connectivity index (χ0n) is 14.9. The standard InChI is InChI=1S/C19H28N4O2/c1-19(7-8-19)14-25-17(16(13-20)23-11-9-21-10-12-23)18(24)22-15-5-3-2-4-6-15/h2-6,21H,7-14,20H2,1H3,(H,22,24)/b17-16-. The van der Waals surface area contributed by atoms with Crippen LogP contribution in [0, 0.1) is 5.41 Å².